The number of fused-ring (bicyclic) bond motifs is 1. The first kappa shape index (κ1) is 20.3. The molecular weight excluding hydrogens is 368 g/mol. The third-order valence-electron chi connectivity index (χ3n) is 7.64. The van der Waals surface area contributed by atoms with Crippen molar-refractivity contribution >= 4 is 5.78 Å². The van der Waals surface area contributed by atoms with Crippen molar-refractivity contribution in [3.63, 3.8) is 0 Å². The number of allylic oxidation sites excluding steroid dienone is 1. The molecule has 8 heteroatoms. The molecule has 0 aromatic heterocycles. The molecular formula is C20H30O8. The highest BCUT2D eigenvalue weighted by atomic mass is 16.7. The highest BCUT2D eigenvalue weighted by Gasteiger charge is 2.69. The van der Waals surface area contributed by atoms with Gasteiger partial charge in [-0.3, -0.25) is 4.79 Å². The second-order valence-electron chi connectivity index (χ2n) is 9.16. The van der Waals surface area contributed by atoms with Crippen LogP contribution in [-0.4, -0.2) is 74.2 Å². The van der Waals surface area contributed by atoms with Crippen molar-refractivity contribution in [3.8, 4) is 0 Å². The van der Waals surface area contributed by atoms with E-state index < -0.39 is 54.2 Å². The van der Waals surface area contributed by atoms with Crippen LogP contribution in [0.5, 0.6) is 0 Å². The zero-order valence-electron chi connectivity index (χ0n) is 16.4. The number of ether oxygens (including phenoxy) is 2. The monoisotopic (exact) mass is 398 g/mol. The molecule has 0 amide bonds. The van der Waals surface area contributed by atoms with Gasteiger partial charge >= 0.3 is 0 Å². The molecule has 1 heterocycles. The Bertz CT molecular complexity index is 694. The van der Waals surface area contributed by atoms with E-state index in [1.807, 2.05) is 13.8 Å². The van der Waals surface area contributed by atoms with Crippen LogP contribution in [-0.2, 0) is 14.3 Å². The fraction of sp³-hybridized carbons (Fsp3) is 0.850. The molecule has 1 spiro atoms. The average molecular weight is 398 g/mol. The lowest BCUT2D eigenvalue weighted by atomic mass is 9.62. The highest BCUT2D eigenvalue weighted by molar-refractivity contribution is 5.88. The first-order valence-corrected chi connectivity index (χ1v) is 10.0. The molecule has 1 saturated heterocycles. The second kappa shape index (κ2) is 6.48. The smallest absolute Gasteiger partial charge is 0.228 e. The molecule has 1 unspecified atom stereocenters. The Labute approximate surface area is 163 Å². The van der Waals surface area contributed by atoms with Crippen LogP contribution in [0.25, 0.3) is 0 Å². The van der Waals surface area contributed by atoms with Crippen LogP contribution in [0.15, 0.2) is 11.3 Å². The number of rotatable bonds is 3. The van der Waals surface area contributed by atoms with Crippen molar-refractivity contribution in [1.29, 1.82) is 0 Å². The predicted molar refractivity (Wildman–Crippen MR) is 95.6 cm³/mol. The summed E-state index contributed by atoms with van der Waals surface area (Å²) in [6, 6.07) is 0. The maximum absolute atomic E-state index is 12.8. The molecule has 1 aliphatic heterocycles. The Balaban J connectivity index is 1.69. The molecule has 0 radical (unpaired) electrons. The minimum atomic E-state index is -1.53. The number of Topliss-reactive ketones (excluding diaryl/α,β-unsaturated/α-hetero) is 1. The van der Waals surface area contributed by atoms with E-state index in [4.69, 9.17) is 9.47 Å². The van der Waals surface area contributed by atoms with Crippen LogP contribution in [0.3, 0.4) is 0 Å². The Morgan fingerprint density at radius 1 is 1.18 bits per heavy atom. The number of ketones is 1. The molecule has 0 aromatic rings. The van der Waals surface area contributed by atoms with Gasteiger partial charge in [0.25, 0.3) is 0 Å². The molecule has 158 valence electrons. The zero-order valence-corrected chi connectivity index (χ0v) is 16.4. The lowest BCUT2D eigenvalue weighted by Gasteiger charge is -2.48. The summed E-state index contributed by atoms with van der Waals surface area (Å²) in [5, 5.41) is 51.1. The van der Waals surface area contributed by atoms with Crippen molar-refractivity contribution in [2.75, 3.05) is 6.61 Å². The summed E-state index contributed by atoms with van der Waals surface area (Å²) in [4.78, 5) is 12.8. The summed E-state index contributed by atoms with van der Waals surface area (Å²) in [5.41, 5.74) is -0.846. The Hall–Kier alpha value is -1.03. The highest BCUT2D eigenvalue weighted by Crippen LogP contribution is 2.68. The van der Waals surface area contributed by atoms with Gasteiger partial charge in [0.1, 0.15) is 36.0 Å². The number of hydrogen-bond donors (Lipinski definition) is 5. The van der Waals surface area contributed by atoms with E-state index in [1.165, 1.54) is 0 Å². The number of carbonyl (C=O) groups is 1. The van der Waals surface area contributed by atoms with E-state index in [-0.39, 0.29) is 17.6 Å². The van der Waals surface area contributed by atoms with E-state index in [0.717, 1.165) is 18.4 Å². The van der Waals surface area contributed by atoms with Crippen molar-refractivity contribution in [2.45, 2.75) is 76.3 Å². The standard InChI is InChI=1S/C20H30O8/c1-8-6-10-12(13(8)22)19(3,26)20(4-5-20)9(2)17(10)28-18-16(25)15(24)14(23)11(7-21)27-18/h8,10-12,14-16,18,21,23-26H,4-7H2,1-3H3/t8-,10?,11-,12-,14-,15+,16-,18+,19-/m1/s1. The molecule has 3 aliphatic carbocycles. The summed E-state index contributed by atoms with van der Waals surface area (Å²) in [6.07, 6.45) is -4.83. The SMILES string of the molecule is CC1=C(O[C@@H]2O[C@H](CO)[C@@H](O)[C@H](O)[C@H]2O)C2C[C@@H](C)C(=O)[C@@H]2[C@@](C)(O)C12CC2. The molecule has 5 N–H and O–H groups in total. The van der Waals surface area contributed by atoms with Crippen LogP contribution in [0.2, 0.25) is 0 Å². The topological polar surface area (TPSA) is 137 Å². The normalized spacial score (nSPS) is 50.1. The van der Waals surface area contributed by atoms with Crippen molar-refractivity contribution in [2.24, 2.45) is 23.2 Å². The Morgan fingerprint density at radius 3 is 2.39 bits per heavy atom. The molecule has 4 rings (SSSR count). The number of aliphatic hydroxyl groups is 5. The summed E-state index contributed by atoms with van der Waals surface area (Å²) in [7, 11) is 0. The van der Waals surface area contributed by atoms with Gasteiger partial charge in [-0.2, -0.15) is 0 Å². The van der Waals surface area contributed by atoms with Crippen LogP contribution in [0.1, 0.15) is 40.0 Å². The minimum Gasteiger partial charge on any atom is -0.466 e. The van der Waals surface area contributed by atoms with Crippen LogP contribution < -0.4 is 0 Å². The Morgan fingerprint density at radius 2 is 1.82 bits per heavy atom. The minimum absolute atomic E-state index is 0.0173. The van der Waals surface area contributed by atoms with Gasteiger partial charge in [0.15, 0.2) is 0 Å². The average Bonchev–Trinajstić information content (AvgIpc) is 3.40. The van der Waals surface area contributed by atoms with E-state index in [0.29, 0.717) is 12.2 Å². The summed E-state index contributed by atoms with van der Waals surface area (Å²) in [5.74, 6) is -0.596. The van der Waals surface area contributed by atoms with Gasteiger partial charge in [-0.25, -0.2) is 0 Å². The predicted octanol–water partition coefficient (Wildman–Crippen LogP) is -0.537. The lowest BCUT2D eigenvalue weighted by Crippen LogP contribution is -2.59. The zero-order chi connectivity index (χ0) is 20.6. The van der Waals surface area contributed by atoms with Crippen molar-refractivity contribution in [3.05, 3.63) is 11.3 Å². The third kappa shape index (κ3) is 2.55. The number of hydrogen-bond acceptors (Lipinski definition) is 8. The molecule has 0 bridgehead atoms. The van der Waals surface area contributed by atoms with Gasteiger partial charge in [-0.05, 0) is 38.7 Å². The quantitative estimate of drug-likeness (QED) is 0.428. The van der Waals surface area contributed by atoms with E-state index >= 15 is 0 Å². The first-order valence-electron chi connectivity index (χ1n) is 10.0. The van der Waals surface area contributed by atoms with Gasteiger partial charge in [0.2, 0.25) is 6.29 Å². The summed E-state index contributed by atoms with van der Waals surface area (Å²) >= 11 is 0. The fourth-order valence-corrected chi connectivity index (χ4v) is 5.73. The third-order valence-corrected chi connectivity index (χ3v) is 7.64. The molecule has 8 nitrogen and oxygen atoms in total. The second-order valence-corrected chi connectivity index (χ2v) is 9.16. The summed E-state index contributed by atoms with van der Waals surface area (Å²) in [6.45, 7) is 4.92. The molecule has 4 aliphatic rings. The van der Waals surface area contributed by atoms with Crippen LogP contribution in [0.4, 0.5) is 0 Å². The molecule has 28 heavy (non-hydrogen) atoms. The van der Waals surface area contributed by atoms with Crippen molar-refractivity contribution in [1.82, 2.24) is 0 Å². The molecule has 2 saturated carbocycles. The van der Waals surface area contributed by atoms with Crippen molar-refractivity contribution < 1.29 is 39.8 Å². The van der Waals surface area contributed by atoms with E-state index in [9.17, 15) is 30.3 Å². The van der Waals surface area contributed by atoms with Gasteiger partial charge in [0, 0.05) is 17.3 Å². The molecule has 9 atom stereocenters. The number of carbonyl (C=O) groups excluding carboxylic acids is 1. The summed E-state index contributed by atoms with van der Waals surface area (Å²) < 4.78 is 11.6. The van der Waals surface area contributed by atoms with Gasteiger partial charge in [-0.1, -0.05) is 6.92 Å². The maximum Gasteiger partial charge on any atom is 0.228 e. The first-order chi connectivity index (χ1) is 13.1. The van der Waals surface area contributed by atoms with E-state index in [1.54, 1.807) is 6.92 Å². The van der Waals surface area contributed by atoms with E-state index in [2.05, 4.69) is 0 Å². The van der Waals surface area contributed by atoms with Gasteiger partial charge in [0.05, 0.1) is 18.1 Å². The fourth-order valence-electron chi connectivity index (χ4n) is 5.73. The van der Waals surface area contributed by atoms with Crippen LogP contribution in [0, 0.1) is 23.2 Å². The van der Waals surface area contributed by atoms with Gasteiger partial charge in [-0.15, -0.1) is 0 Å². The molecule has 3 fully saturated rings. The lowest BCUT2D eigenvalue weighted by molar-refractivity contribution is -0.295. The van der Waals surface area contributed by atoms with Crippen LogP contribution >= 0.6 is 0 Å². The maximum atomic E-state index is 12.8. The van der Waals surface area contributed by atoms with Gasteiger partial charge < -0.3 is 35.0 Å². The molecule has 0 aromatic carbocycles. The Kier molecular flexibility index (Phi) is 4.69. The number of aliphatic hydroxyl groups excluding tert-OH is 4. The largest absolute Gasteiger partial charge is 0.466 e.